The minimum Gasteiger partial charge on any atom is -0.378 e. The molecule has 1 aromatic carbocycles. The topological polar surface area (TPSA) is 29.1 Å². The lowest BCUT2D eigenvalue weighted by molar-refractivity contribution is -0.114. The molecule has 0 bridgehead atoms. The Kier molecular flexibility index (Phi) is 1.85. The number of carbonyl (C=O) groups excluding carboxylic acids is 1. The molecular formula is C15H12FNO. The Labute approximate surface area is 104 Å². The van der Waals surface area contributed by atoms with Crippen molar-refractivity contribution < 1.29 is 9.18 Å². The van der Waals surface area contributed by atoms with Crippen LogP contribution in [-0.2, 0) is 4.79 Å². The lowest BCUT2D eigenvalue weighted by atomic mass is 9.82. The third-order valence-corrected chi connectivity index (χ3v) is 4.16. The number of Topliss-reactive ketones (excluding diaryl/α,β-unsaturated/α-hetero) is 1. The molecular weight excluding hydrogens is 229 g/mol. The number of hydrogen-bond acceptors (Lipinski definition) is 2. The van der Waals surface area contributed by atoms with Crippen molar-refractivity contribution in [2.45, 2.75) is 24.8 Å². The summed E-state index contributed by atoms with van der Waals surface area (Å²) in [7, 11) is 0. The number of benzene rings is 1. The Morgan fingerprint density at radius 2 is 2.17 bits per heavy atom. The maximum absolute atomic E-state index is 14.0. The second-order valence-corrected chi connectivity index (χ2v) is 5.07. The minimum absolute atomic E-state index is 0.00708. The fourth-order valence-corrected chi connectivity index (χ4v) is 3.39. The number of nitrogens with one attached hydrogen (secondary N) is 1. The monoisotopic (exact) mass is 241 g/mol. The van der Waals surface area contributed by atoms with Gasteiger partial charge in [0.05, 0.1) is 6.04 Å². The van der Waals surface area contributed by atoms with Crippen LogP contribution in [-0.4, -0.2) is 11.8 Å². The molecule has 3 aliphatic rings. The number of hydrogen-bond donors (Lipinski definition) is 1. The molecule has 2 atom stereocenters. The molecule has 2 unspecified atom stereocenters. The second kappa shape index (κ2) is 3.31. The lowest BCUT2D eigenvalue weighted by Crippen LogP contribution is -2.22. The number of fused-ring (bicyclic) bond motifs is 4. The van der Waals surface area contributed by atoms with Gasteiger partial charge in [-0.2, -0.15) is 0 Å². The number of ketones is 1. The third kappa shape index (κ3) is 1.14. The van der Waals surface area contributed by atoms with Gasteiger partial charge in [-0.25, -0.2) is 4.39 Å². The summed E-state index contributed by atoms with van der Waals surface area (Å²) in [5, 5.41) is 3.33. The van der Waals surface area contributed by atoms with Gasteiger partial charge in [-0.15, -0.1) is 0 Å². The van der Waals surface area contributed by atoms with Crippen molar-refractivity contribution >= 4 is 11.5 Å². The summed E-state index contributed by atoms with van der Waals surface area (Å²) >= 11 is 0. The first-order valence-corrected chi connectivity index (χ1v) is 6.25. The molecule has 4 rings (SSSR count). The van der Waals surface area contributed by atoms with Gasteiger partial charge in [0.15, 0.2) is 5.78 Å². The fraction of sp³-hybridized carbons (Fsp3) is 0.267. The second-order valence-electron chi connectivity index (χ2n) is 5.07. The van der Waals surface area contributed by atoms with E-state index in [0.717, 1.165) is 28.8 Å². The first-order valence-electron chi connectivity index (χ1n) is 6.25. The predicted octanol–water partition coefficient (Wildman–Crippen LogP) is 2.93. The van der Waals surface area contributed by atoms with Crippen LogP contribution in [0.15, 0.2) is 41.5 Å². The molecule has 0 saturated carbocycles. The Bertz CT molecular complexity index is 629. The van der Waals surface area contributed by atoms with Crippen molar-refractivity contribution in [1.82, 2.24) is 0 Å². The van der Waals surface area contributed by atoms with E-state index < -0.39 is 0 Å². The van der Waals surface area contributed by atoms with Crippen LogP contribution in [0.4, 0.5) is 10.1 Å². The van der Waals surface area contributed by atoms with Crippen molar-refractivity contribution in [3.8, 4) is 0 Å². The summed E-state index contributed by atoms with van der Waals surface area (Å²) in [6, 6.07) is 5.22. The zero-order valence-corrected chi connectivity index (χ0v) is 9.74. The summed E-state index contributed by atoms with van der Waals surface area (Å²) in [4.78, 5) is 11.8. The van der Waals surface area contributed by atoms with Gasteiger partial charge in [-0.05, 0) is 24.1 Å². The van der Waals surface area contributed by atoms with Crippen LogP contribution in [0.25, 0.3) is 0 Å². The SMILES string of the molecule is O=C1CCC2=C1C=CC1Nc3cccc(F)c3C21. The van der Waals surface area contributed by atoms with Crippen molar-refractivity contribution in [3.05, 3.63) is 52.9 Å². The Hall–Kier alpha value is -1.90. The van der Waals surface area contributed by atoms with E-state index in [1.54, 1.807) is 6.07 Å². The van der Waals surface area contributed by atoms with Gasteiger partial charge in [-0.1, -0.05) is 18.2 Å². The molecule has 0 radical (unpaired) electrons. The molecule has 0 saturated heterocycles. The molecule has 0 amide bonds. The predicted molar refractivity (Wildman–Crippen MR) is 67.0 cm³/mol. The number of carbonyl (C=O) groups is 1. The molecule has 0 aromatic heterocycles. The Morgan fingerprint density at radius 1 is 1.28 bits per heavy atom. The molecule has 18 heavy (non-hydrogen) atoms. The largest absolute Gasteiger partial charge is 0.378 e. The van der Waals surface area contributed by atoms with Gasteiger partial charge >= 0.3 is 0 Å². The first kappa shape index (κ1) is 10.1. The zero-order chi connectivity index (χ0) is 12.3. The molecule has 3 heteroatoms. The first-order chi connectivity index (χ1) is 8.75. The number of halogens is 1. The van der Waals surface area contributed by atoms with Crippen molar-refractivity contribution in [2.75, 3.05) is 5.32 Å². The molecule has 1 heterocycles. The smallest absolute Gasteiger partial charge is 0.163 e. The van der Waals surface area contributed by atoms with Crippen LogP contribution in [0.2, 0.25) is 0 Å². The molecule has 0 spiro atoms. The Morgan fingerprint density at radius 3 is 3.06 bits per heavy atom. The normalized spacial score (nSPS) is 27.9. The van der Waals surface area contributed by atoms with Gasteiger partial charge < -0.3 is 5.32 Å². The van der Waals surface area contributed by atoms with Crippen LogP contribution < -0.4 is 5.32 Å². The van der Waals surface area contributed by atoms with Gasteiger partial charge in [0.25, 0.3) is 0 Å². The van der Waals surface area contributed by atoms with Crippen LogP contribution in [0.5, 0.6) is 0 Å². The van der Waals surface area contributed by atoms with Gasteiger partial charge in [0.2, 0.25) is 0 Å². The van der Waals surface area contributed by atoms with Crippen molar-refractivity contribution in [1.29, 1.82) is 0 Å². The standard InChI is InChI=1S/C15H12FNO/c16-10-2-1-3-11-15(10)14-9-5-7-13(18)8(9)4-6-12(14)17-11/h1-4,6,12,14,17H,5,7H2. The van der Waals surface area contributed by atoms with Gasteiger partial charge in [0.1, 0.15) is 5.82 Å². The molecule has 90 valence electrons. The highest BCUT2D eigenvalue weighted by atomic mass is 19.1. The maximum Gasteiger partial charge on any atom is 0.163 e. The maximum atomic E-state index is 14.0. The average Bonchev–Trinajstić information content (AvgIpc) is 2.90. The highest BCUT2D eigenvalue weighted by Gasteiger charge is 2.41. The number of anilines is 1. The van der Waals surface area contributed by atoms with E-state index in [4.69, 9.17) is 0 Å². The van der Waals surface area contributed by atoms with Crippen molar-refractivity contribution in [2.24, 2.45) is 0 Å². The van der Waals surface area contributed by atoms with Crippen LogP contribution in [0.1, 0.15) is 24.3 Å². The van der Waals surface area contributed by atoms with E-state index >= 15 is 0 Å². The van der Waals surface area contributed by atoms with E-state index in [-0.39, 0.29) is 23.6 Å². The van der Waals surface area contributed by atoms with E-state index in [0.29, 0.717) is 6.42 Å². The Balaban J connectivity index is 1.93. The summed E-state index contributed by atoms with van der Waals surface area (Å²) in [6.45, 7) is 0. The lowest BCUT2D eigenvalue weighted by Gasteiger charge is -2.23. The van der Waals surface area contributed by atoms with E-state index in [2.05, 4.69) is 5.32 Å². The van der Waals surface area contributed by atoms with E-state index in [1.807, 2.05) is 18.2 Å². The van der Waals surface area contributed by atoms with E-state index in [1.165, 1.54) is 6.07 Å². The minimum atomic E-state index is -0.172. The molecule has 1 aromatic rings. The van der Waals surface area contributed by atoms with Crippen LogP contribution in [0, 0.1) is 5.82 Å². The zero-order valence-electron chi connectivity index (χ0n) is 9.74. The summed E-state index contributed by atoms with van der Waals surface area (Å²) in [5.41, 5.74) is 3.52. The molecule has 1 N–H and O–H groups in total. The van der Waals surface area contributed by atoms with Crippen LogP contribution in [0.3, 0.4) is 0 Å². The molecule has 2 aliphatic carbocycles. The fourth-order valence-electron chi connectivity index (χ4n) is 3.39. The molecule has 2 nitrogen and oxygen atoms in total. The average molecular weight is 241 g/mol. The molecule has 1 aliphatic heterocycles. The highest BCUT2D eigenvalue weighted by Crippen LogP contribution is 2.48. The van der Waals surface area contributed by atoms with Crippen molar-refractivity contribution in [3.63, 3.8) is 0 Å². The third-order valence-electron chi connectivity index (χ3n) is 4.16. The number of rotatable bonds is 0. The highest BCUT2D eigenvalue weighted by molar-refractivity contribution is 6.02. The van der Waals surface area contributed by atoms with Crippen LogP contribution >= 0.6 is 0 Å². The summed E-state index contributed by atoms with van der Waals surface area (Å²) < 4.78 is 14.0. The summed E-state index contributed by atoms with van der Waals surface area (Å²) in [5.74, 6) is 0.0335. The number of allylic oxidation sites excluding steroid dienone is 2. The quantitative estimate of drug-likeness (QED) is 0.756. The molecule has 0 fully saturated rings. The van der Waals surface area contributed by atoms with Gasteiger partial charge in [-0.3, -0.25) is 4.79 Å². The van der Waals surface area contributed by atoms with Gasteiger partial charge in [0, 0.05) is 29.2 Å². The summed E-state index contributed by atoms with van der Waals surface area (Å²) in [6.07, 6.45) is 5.24. The van der Waals surface area contributed by atoms with E-state index in [9.17, 15) is 9.18 Å².